The molecule has 3 nitrogen and oxygen atoms in total. The third-order valence-corrected chi connectivity index (χ3v) is 3.66. The van der Waals surface area contributed by atoms with Crippen LogP contribution in [0.2, 0.25) is 0 Å². The van der Waals surface area contributed by atoms with Crippen molar-refractivity contribution in [2.24, 2.45) is 5.73 Å². The lowest BCUT2D eigenvalue weighted by Crippen LogP contribution is -2.29. The van der Waals surface area contributed by atoms with Crippen molar-refractivity contribution >= 4 is 18.3 Å². The maximum atomic E-state index is 12.2. The van der Waals surface area contributed by atoms with Gasteiger partial charge in [0.25, 0.3) is 0 Å². The Kier molecular flexibility index (Phi) is 7.79. The fourth-order valence-electron chi connectivity index (χ4n) is 2.55. The molecule has 2 rings (SSSR count). The number of rotatable bonds is 6. The van der Waals surface area contributed by atoms with Crippen LogP contribution in [0.4, 0.5) is 0 Å². The fourth-order valence-corrected chi connectivity index (χ4v) is 2.55. The minimum atomic E-state index is -0.120. The van der Waals surface area contributed by atoms with Crippen molar-refractivity contribution in [3.05, 3.63) is 70.8 Å². The Labute approximate surface area is 144 Å². The lowest BCUT2D eigenvalue weighted by Gasteiger charge is -2.21. The predicted octanol–water partition coefficient (Wildman–Crippen LogP) is 3.67. The first-order valence-corrected chi connectivity index (χ1v) is 7.72. The zero-order chi connectivity index (χ0) is 15.9. The molecule has 0 radical (unpaired) electrons. The molecule has 0 saturated heterocycles. The summed E-state index contributed by atoms with van der Waals surface area (Å²) in [5.74, 6) is 0.0402. The number of carbonyl (C=O) groups is 1. The number of nitrogens with one attached hydrogen (secondary N) is 1. The van der Waals surface area contributed by atoms with Crippen LogP contribution in [-0.4, -0.2) is 12.5 Å². The van der Waals surface area contributed by atoms with Crippen molar-refractivity contribution in [3.8, 4) is 0 Å². The molecule has 124 valence electrons. The van der Waals surface area contributed by atoms with Gasteiger partial charge in [-0.25, -0.2) is 0 Å². The van der Waals surface area contributed by atoms with E-state index in [0.29, 0.717) is 19.4 Å². The molecule has 0 heterocycles. The molecule has 4 heteroatoms. The van der Waals surface area contributed by atoms with Gasteiger partial charge in [-0.05, 0) is 37.9 Å². The van der Waals surface area contributed by atoms with Crippen LogP contribution in [0.5, 0.6) is 0 Å². The Morgan fingerprint density at radius 1 is 1.04 bits per heavy atom. The van der Waals surface area contributed by atoms with Gasteiger partial charge in [0.1, 0.15) is 0 Å². The number of benzene rings is 2. The normalized spacial score (nSPS) is 10.3. The summed E-state index contributed by atoms with van der Waals surface area (Å²) in [5, 5.41) is 3.14. The van der Waals surface area contributed by atoms with Gasteiger partial charge in [-0.15, -0.1) is 12.4 Å². The first-order valence-electron chi connectivity index (χ1n) is 7.72. The summed E-state index contributed by atoms with van der Waals surface area (Å²) in [5.41, 5.74) is 10.1. The van der Waals surface area contributed by atoms with Gasteiger partial charge in [-0.1, -0.05) is 59.7 Å². The Balaban J connectivity index is 0.00000264. The fraction of sp³-hybridized carbons (Fsp3) is 0.316. The lowest BCUT2D eigenvalue weighted by atomic mass is 9.96. The first kappa shape index (κ1) is 19.2. The number of amides is 1. The van der Waals surface area contributed by atoms with E-state index in [-0.39, 0.29) is 24.4 Å². The van der Waals surface area contributed by atoms with E-state index in [4.69, 9.17) is 5.73 Å². The van der Waals surface area contributed by atoms with Crippen LogP contribution >= 0.6 is 12.4 Å². The van der Waals surface area contributed by atoms with Crippen LogP contribution in [-0.2, 0) is 4.79 Å². The Morgan fingerprint density at radius 3 is 2.00 bits per heavy atom. The molecule has 2 aromatic carbocycles. The van der Waals surface area contributed by atoms with Gasteiger partial charge >= 0.3 is 0 Å². The predicted molar refractivity (Wildman–Crippen MR) is 97.9 cm³/mol. The minimum absolute atomic E-state index is 0. The zero-order valence-electron chi connectivity index (χ0n) is 13.7. The highest BCUT2D eigenvalue weighted by molar-refractivity contribution is 5.85. The van der Waals surface area contributed by atoms with Crippen molar-refractivity contribution in [1.82, 2.24) is 5.32 Å². The van der Waals surface area contributed by atoms with E-state index in [2.05, 4.69) is 55.6 Å². The largest absolute Gasteiger partial charge is 0.345 e. The molecule has 0 aliphatic carbocycles. The number of hydrogen-bond donors (Lipinski definition) is 2. The lowest BCUT2D eigenvalue weighted by molar-refractivity contribution is -0.121. The van der Waals surface area contributed by atoms with E-state index in [0.717, 1.165) is 11.1 Å². The SMILES string of the molecule is Cc1cccc(C(NC(=O)CCCN)c2cccc(C)c2)c1.Cl. The smallest absolute Gasteiger partial charge is 0.220 e. The number of halogens is 1. The summed E-state index contributed by atoms with van der Waals surface area (Å²) in [6.45, 7) is 4.66. The van der Waals surface area contributed by atoms with Crippen LogP contribution < -0.4 is 11.1 Å². The third kappa shape index (κ3) is 5.70. The molecule has 0 unspecified atom stereocenters. The summed E-state index contributed by atoms with van der Waals surface area (Å²) >= 11 is 0. The van der Waals surface area contributed by atoms with Gasteiger partial charge in [-0.3, -0.25) is 4.79 Å². The highest BCUT2D eigenvalue weighted by atomic mass is 35.5. The van der Waals surface area contributed by atoms with Gasteiger partial charge in [0, 0.05) is 6.42 Å². The van der Waals surface area contributed by atoms with E-state index in [9.17, 15) is 4.79 Å². The van der Waals surface area contributed by atoms with E-state index >= 15 is 0 Å². The van der Waals surface area contributed by atoms with Crippen molar-refractivity contribution in [2.75, 3.05) is 6.54 Å². The van der Waals surface area contributed by atoms with Crippen molar-refractivity contribution in [3.63, 3.8) is 0 Å². The van der Waals surface area contributed by atoms with Crippen LogP contribution in [0, 0.1) is 13.8 Å². The average molecular weight is 333 g/mol. The molecule has 1 amide bonds. The van der Waals surface area contributed by atoms with E-state index in [1.807, 2.05) is 12.1 Å². The molecular weight excluding hydrogens is 308 g/mol. The van der Waals surface area contributed by atoms with Crippen molar-refractivity contribution < 1.29 is 4.79 Å². The van der Waals surface area contributed by atoms with Gasteiger partial charge in [0.15, 0.2) is 0 Å². The van der Waals surface area contributed by atoms with E-state index < -0.39 is 0 Å². The molecule has 23 heavy (non-hydrogen) atoms. The van der Waals surface area contributed by atoms with E-state index in [1.54, 1.807) is 0 Å². The summed E-state index contributed by atoms with van der Waals surface area (Å²) in [4.78, 5) is 12.2. The number of carbonyl (C=O) groups excluding carboxylic acids is 1. The number of nitrogens with two attached hydrogens (primary N) is 1. The number of hydrogen-bond acceptors (Lipinski definition) is 2. The van der Waals surface area contributed by atoms with Crippen LogP contribution in [0.25, 0.3) is 0 Å². The summed E-state index contributed by atoms with van der Waals surface area (Å²) in [7, 11) is 0. The second kappa shape index (κ2) is 9.33. The van der Waals surface area contributed by atoms with Gasteiger partial charge in [0.05, 0.1) is 6.04 Å². The maximum absolute atomic E-state index is 12.2. The molecule has 0 spiro atoms. The molecule has 0 saturated carbocycles. The van der Waals surface area contributed by atoms with Crippen LogP contribution in [0.1, 0.15) is 41.1 Å². The molecule has 0 aliphatic heterocycles. The molecule has 0 fully saturated rings. The van der Waals surface area contributed by atoms with Crippen molar-refractivity contribution in [2.45, 2.75) is 32.7 Å². The molecule has 2 aromatic rings. The maximum Gasteiger partial charge on any atom is 0.220 e. The van der Waals surface area contributed by atoms with Gasteiger partial charge in [0.2, 0.25) is 5.91 Å². The average Bonchev–Trinajstić information content (AvgIpc) is 2.50. The minimum Gasteiger partial charge on any atom is -0.345 e. The molecule has 0 aliphatic rings. The van der Waals surface area contributed by atoms with Crippen LogP contribution in [0.3, 0.4) is 0 Å². The van der Waals surface area contributed by atoms with Gasteiger partial charge < -0.3 is 11.1 Å². The van der Waals surface area contributed by atoms with Gasteiger partial charge in [-0.2, -0.15) is 0 Å². The summed E-state index contributed by atoms with van der Waals surface area (Å²) in [6.07, 6.45) is 1.17. The van der Waals surface area contributed by atoms with Crippen molar-refractivity contribution in [1.29, 1.82) is 0 Å². The number of aryl methyl sites for hydroxylation is 2. The first-order chi connectivity index (χ1) is 10.6. The topological polar surface area (TPSA) is 55.1 Å². The Bertz CT molecular complexity index is 597. The molecule has 0 atom stereocenters. The zero-order valence-corrected chi connectivity index (χ0v) is 14.5. The summed E-state index contributed by atoms with van der Waals surface area (Å²) in [6, 6.07) is 16.4. The Hall–Kier alpha value is -1.84. The second-order valence-electron chi connectivity index (χ2n) is 5.72. The van der Waals surface area contributed by atoms with Crippen LogP contribution in [0.15, 0.2) is 48.5 Å². The molecule has 0 aromatic heterocycles. The highest BCUT2D eigenvalue weighted by Gasteiger charge is 2.16. The highest BCUT2D eigenvalue weighted by Crippen LogP contribution is 2.24. The monoisotopic (exact) mass is 332 g/mol. The molecule has 0 bridgehead atoms. The standard InChI is InChI=1S/C19H24N2O.ClH/c1-14-6-3-8-16(12-14)19(21-18(22)10-5-11-20)17-9-4-7-15(2)13-17;/h3-4,6-9,12-13,19H,5,10-11,20H2,1-2H3,(H,21,22);1H. The molecular formula is C19H25ClN2O. The third-order valence-electron chi connectivity index (χ3n) is 3.66. The molecule has 3 N–H and O–H groups in total. The quantitative estimate of drug-likeness (QED) is 0.848. The summed E-state index contributed by atoms with van der Waals surface area (Å²) < 4.78 is 0. The van der Waals surface area contributed by atoms with E-state index in [1.165, 1.54) is 11.1 Å². The Morgan fingerprint density at radius 2 is 1.57 bits per heavy atom. The second-order valence-corrected chi connectivity index (χ2v) is 5.72.